The number of para-hydroxylation sites is 2. The lowest BCUT2D eigenvalue weighted by molar-refractivity contribution is 0.953. The van der Waals surface area contributed by atoms with E-state index in [4.69, 9.17) is 29.9 Å². The molecule has 14 aromatic rings. The van der Waals surface area contributed by atoms with Gasteiger partial charge in [0.15, 0.2) is 29.1 Å². The van der Waals surface area contributed by atoms with Crippen molar-refractivity contribution >= 4 is 43.6 Å². The molecule has 0 atom stereocenters. The summed E-state index contributed by atoms with van der Waals surface area (Å²) in [5.41, 5.74) is 14.0. The molecule has 0 saturated heterocycles. The second-order valence-corrected chi connectivity index (χ2v) is 18.3. The van der Waals surface area contributed by atoms with Gasteiger partial charge in [-0.2, -0.15) is 9.97 Å². The molecule has 4 heterocycles. The molecule has 0 saturated carbocycles. The molecule has 0 spiro atoms. The SMILES string of the molecule is c1ccc(-c2ccc(-c3nc(-c4cccc(-c5ccccc5)c4)nc(-n4c5ccccc5c5ccc6c7ccccc7n(-c7ccc(-c8nc(-c9ccccc9)nc(-c9ccccc9)n8)cc7)c6c54)n3)cc2)cc1. The fraction of sp³-hybridized carbons (Fsp3) is 0. The second-order valence-electron chi connectivity index (χ2n) is 18.3. The summed E-state index contributed by atoms with van der Waals surface area (Å²) in [6.45, 7) is 0. The molecule has 0 unspecified atom stereocenters. The van der Waals surface area contributed by atoms with Crippen LogP contribution in [0.25, 0.3) is 134 Å². The van der Waals surface area contributed by atoms with Gasteiger partial charge in [0.2, 0.25) is 5.95 Å². The lowest BCUT2D eigenvalue weighted by Crippen LogP contribution is -2.07. The average Bonchev–Trinajstić information content (AvgIpc) is 4.02. The molecule has 0 bridgehead atoms. The summed E-state index contributed by atoms with van der Waals surface area (Å²) >= 11 is 0. The molecule has 74 heavy (non-hydrogen) atoms. The van der Waals surface area contributed by atoms with Gasteiger partial charge in [0.05, 0.1) is 22.1 Å². The van der Waals surface area contributed by atoms with Crippen LogP contribution in [-0.4, -0.2) is 39.0 Å². The van der Waals surface area contributed by atoms with Gasteiger partial charge in [-0.1, -0.05) is 212 Å². The largest absolute Gasteiger partial charge is 0.307 e. The van der Waals surface area contributed by atoms with Gasteiger partial charge in [-0.15, -0.1) is 0 Å². The second kappa shape index (κ2) is 17.9. The monoisotopic (exact) mass is 946 g/mol. The van der Waals surface area contributed by atoms with Crippen molar-refractivity contribution in [1.29, 1.82) is 0 Å². The van der Waals surface area contributed by atoms with E-state index < -0.39 is 0 Å². The van der Waals surface area contributed by atoms with Crippen molar-refractivity contribution < 1.29 is 0 Å². The van der Waals surface area contributed by atoms with Crippen LogP contribution in [0.2, 0.25) is 0 Å². The molecule has 346 valence electrons. The molecule has 4 aromatic heterocycles. The predicted molar refractivity (Wildman–Crippen MR) is 300 cm³/mol. The molecule has 14 rings (SSSR count). The van der Waals surface area contributed by atoms with E-state index in [1.807, 2.05) is 72.8 Å². The van der Waals surface area contributed by atoms with Crippen LogP contribution in [-0.2, 0) is 0 Å². The molecule has 0 aliphatic carbocycles. The van der Waals surface area contributed by atoms with Crippen LogP contribution in [0.4, 0.5) is 0 Å². The van der Waals surface area contributed by atoms with Crippen LogP contribution in [0.3, 0.4) is 0 Å². The molecule has 0 fully saturated rings. The minimum Gasteiger partial charge on any atom is -0.307 e. The van der Waals surface area contributed by atoms with E-state index in [1.54, 1.807) is 0 Å². The van der Waals surface area contributed by atoms with Gasteiger partial charge in [0, 0.05) is 55.0 Å². The van der Waals surface area contributed by atoms with Crippen molar-refractivity contribution in [2.24, 2.45) is 0 Å². The van der Waals surface area contributed by atoms with Crippen molar-refractivity contribution in [3.8, 4) is 90.8 Å². The van der Waals surface area contributed by atoms with Gasteiger partial charge >= 0.3 is 0 Å². The Morgan fingerprint density at radius 2 is 0.554 bits per heavy atom. The highest BCUT2D eigenvalue weighted by Crippen LogP contribution is 2.42. The summed E-state index contributed by atoms with van der Waals surface area (Å²) in [5, 5.41) is 4.43. The summed E-state index contributed by atoms with van der Waals surface area (Å²) in [7, 11) is 0. The number of benzene rings is 10. The Hall–Kier alpha value is -10.2. The Morgan fingerprint density at radius 3 is 1.08 bits per heavy atom. The minimum absolute atomic E-state index is 0.520. The fourth-order valence-corrected chi connectivity index (χ4v) is 10.3. The topological polar surface area (TPSA) is 87.2 Å². The lowest BCUT2D eigenvalue weighted by Gasteiger charge is -2.14. The molecule has 0 aliphatic heterocycles. The van der Waals surface area contributed by atoms with E-state index in [-0.39, 0.29) is 0 Å². The summed E-state index contributed by atoms with van der Waals surface area (Å²) in [5.74, 6) is 3.51. The molecule has 10 aromatic carbocycles. The van der Waals surface area contributed by atoms with Crippen LogP contribution in [0.1, 0.15) is 0 Å². The number of aromatic nitrogens is 8. The van der Waals surface area contributed by atoms with Crippen molar-refractivity contribution in [1.82, 2.24) is 39.0 Å². The third-order valence-electron chi connectivity index (χ3n) is 13.9. The minimum atomic E-state index is 0.520. The summed E-state index contributed by atoms with van der Waals surface area (Å²) in [4.78, 5) is 31.2. The van der Waals surface area contributed by atoms with E-state index in [0.717, 1.165) is 99.4 Å². The van der Waals surface area contributed by atoms with Gasteiger partial charge < -0.3 is 4.57 Å². The van der Waals surface area contributed by atoms with Crippen molar-refractivity contribution in [3.05, 3.63) is 255 Å². The highest BCUT2D eigenvalue weighted by molar-refractivity contribution is 6.23. The molecule has 8 heteroatoms. The first-order valence-corrected chi connectivity index (χ1v) is 24.7. The third-order valence-corrected chi connectivity index (χ3v) is 13.9. The Kier molecular flexibility index (Phi) is 10.3. The first-order chi connectivity index (χ1) is 36.7. The number of rotatable bonds is 9. The van der Waals surface area contributed by atoms with Gasteiger partial charge in [0.1, 0.15) is 0 Å². The smallest absolute Gasteiger partial charge is 0.238 e. The molecule has 0 aliphatic rings. The third kappa shape index (κ3) is 7.48. The van der Waals surface area contributed by atoms with E-state index >= 15 is 0 Å². The van der Waals surface area contributed by atoms with Crippen molar-refractivity contribution in [2.45, 2.75) is 0 Å². The zero-order valence-electron chi connectivity index (χ0n) is 39.8. The molecule has 0 radical (unpaired) electrons. The molecule has 8 nitrogen and oxygen atoms in total. The number of nitrogens with zero attached hydrogens (tertiary/aromatic N) is 8. The Labute approximate surface area is 426 Å². The number of fused-ring (bicyclic) bond motifs is 7. The van der Waals surface area contributed by atoms with E-state index in [2.05, 4.69) is 191 Å². The zero-order valence-corrected chi connectivity index (χ0v) is 39.8. The Balaban J connectivity index is 0.987. The highest BCUT2D eigenvalue weighted by Gasteiger charge is 2.24. The van der Waals surface area contributed by atoms with Gasteiger partial charge in [-0.25, -0.2) is 19.9 Å². The molecule has 0 N–H and O–H groups in total. The van der Waals surface area contributed by atoms with Gasteiger partial charge in [-0.3, -0.25) is 4.57 Å². The first-order valence-electron chi connectivity index (χ1n) is 24.7. The van der Waals surface area contributed by atoms with E-state index in [9.17, 15) is 0 Å². The molecule has 0 amide bonds. The van der Waals surface area contributed by atoms with Gasteiger partial charge in [0.25, 0.3) is 0 Å². The normalized spacial score (nSPS) is 11.5. The maximum absolute atomic E-state index is 5.45. The Bertz CT molecular complexity index is 4320. The standard InChI is InChI=1S/C66H42N8/c1-5-18-43(19-6-1)45-32-34-48(35-33-45)64-70-65(51-27-17-26-50(42-51)44-20-7-2-8-21-44)72-66(71-64)74-58-31-16-14-29-54(58)56-41-40-55-53-28-13-15-30-57(53)73(59(55)60(56)74)52-38-36-49(37-39-52)63-68-61(46-22-9-3-10-23-46)67-62(69-63)47-24-11-4-12-25-47/h1-42H. The average molecular weight is 947 g/mol. The summed E-state index contributed by atoms with van der Waals surface area (Å²) < 4.78 is 4.62. The summed E-state index contributed by atoms with van der Waals surface area (Å²) in [6, 6.07) is 88.2. The van der Waals surface area contributed by atoms with Crippen LogP contribution in [0, 0.1) is 0 Å². The molecular weight excluding hydrogens is 905 g/mol. The van der Waals surface area contributed by atoms with Crippen LogP contribution >= 0.6 is 0 Å². The zero-order chi connectivity index (χ0) is 49.0. The quantitative estimate of drug-likeness (QED) is 0.143. The maximum Gasteiger partial charge on any atom is 0.238 e. The van der Waals surface area contributed by atoms with Crippen molar-refractivity contribution in [2.75, 3.05) is 0 Å². The highest BCUT2D eigenvalue weighted by atomic mass is 15.2. The lowest BCUT2D eigenvalue weighted by atomic mass is 10.0. The Morgan fingerprint density at radius 1 is 0.216 bits per heavy atom. The first kappa shape index (κ1) is 42.7. The number of hydrogen-bond acceptors (Lipinski definition) is 6. The van der Waals surface area contributed by atoms with Crippen molar-refractivity contribution in [3.63, 3.8) is 0 Å². The molecular formula is C66H42N8. The van der Waals surface area contributed by atoms with E-state index in [0.29, 0.717) is 35.1 Å². The number of hydrogen-bond donors (Lipinski definition) is 0. The van der Waals surface area contributed by atoms with Crippen LogP contribution in [0.5, 0.6) is 0 Å². The van der Waals surface area contributed by atoms with Crippen LogP contribution in [0.15, 0.2) is 255 Å². The van der Waals surface area contributed by atoms with Gasteiger partial charge in [-0.05, 0) is 64.7 Å². The summed E-state index contributed by atoms with van der Waals surface area (Å²) in [6.07, 6.45) is 0. The maximum atomic E-state index is 5.45. The fourth-order valence-electron chi connectivity index (χ4n) is 10.3. The van der Waals surface area contributed by atoms with Crippen LogP contribution < -0.4 is 0 Å². The van der Waals surface area contributed by atoms with E-state index in [1.165, 1.54) is 0 Å². The predicted octanol–water partition coefficient (Wildman–Crippen LogP) is 15.9.